The van der Waals surface area contributed by atoms with Crippen molar-refractivity contribution in [1.29, 1.82) is 0 Å². The number of carboxylic acids is 1. The van der Waals surface area contributed by atoms with Gasteiger partial charge in [-0.3, -0.25) is 4.79 Å². The van der Waals surface area contributed by atoms with Gasteiger partial charge in [-0.2, -0.15) is 0 Å². The van der Waals surface area contributed by atoms with E-state index < -0.39 is 35.9 Å². The van der Waals surface area contributed by atoms with Gasteiger partial charge in [-0.15, -0.1) is 0 Å². The average Bonchev–Trinajstić information content (AvgIpc) is 2.41. The van der Waals surface area contributed by atoms with Gasteiger partial charge in [-0.05, 0) is 64.8 Å². The molecule has 7 nitrogen and oxygen atoms in total. The van der Waals surface area contributed by atoms with E-state index in [1.165, 1.54) is 12.1 Å². The molecular weight excluding hydrogens is 448 g/mol. The number of rotatable bonds is 5. The van der Waals surface area contributed by atoms with E-state index >= 15 is 0 Å². The van der Waals surface area contributed by atoms with E-state index in [2.05, 4.69) is 37.2 Å². The number of Topliss-reactive ketones (excluding diaryl/α,β-unsaturated/α-hetero) is 1. The molecular formula is C15H18Br2N2O5. The molecule has 132 valence electrons. The number of nitrogens with two attached hydrogens (primary N) is 1. The Bertz CT molecular complexity index is 647. The molecule has 1 amide bonds. The van der Waals surface area contributed by atoms with Crippen molar-refractivity contribution in [2.45, 2.75) is 38.8 Å². The molecule has 0 saturated carbocycles. The first kappa shape index (κ1) is 20.4. The van der Waals surface area contributed by atoms with Crippen molar-refractivity contribution in [3.8, 4) is 0 Å². The number of amides is 1. The van der Waals surface area contributed by atoms with Gasteiger partial charge in [-0.25, -0.2) is 9.59 Å². The number of anilines is 1. The van der Waals surface area contributed by atoms with Crippen LogP contribution in [0, 0.1) is 0 Å². The molecule has 0 aliphatic heterocycles. The van der Waals surface area contributed by atoms with Gasteiger partial charge in [0.2, 0.25) is 0 Å². The molecule has 1 aromatic carbocycles. The molecule has 0 fully saturated rings. The van der Waals surface area contributed by atoms with Crippen LogP contribution in [0.2, 0.25) is 0 Å². The van der Waals surface area contributed by atoms with Crippen LogP contribution in [0.25, 0.3) is 0 Å². The number of alkyl carbamates (subject to hydrolysis) is 1. The number of halogens is 2. The Labute approximate surface area is 156 Å². The molecule has 0 aromatic heterocycles. The number of ketones is 1. The third kappa shape index (κ3) is 6.12. The Morgan fingerprint density at radius 3 is 2.17 bits per heavy atom. The summed E-state index contributed by atoms with van der Waals surface area (Å²) in [6.45, 7) is 4.95. The van der Waals surface area contributed by atoms with Gasteiger partial charge in [0.1, 0.15) is 11.6 Å². The summed E-state index contributed by atoms with van der Waals surface area (Å²) >= 11 is 6.44. The second kappa shape index (κ2) is 7.98. The number of aliphatic carboxylic acids is 1. The molecule has 1 atom stereocenters. The number of hydrogen-bond acceptors (Lipinski definition) is 5. The molecule has 4 N–H and O–H groups in total. The summed E-state index contributed by atoms with van der Waals surface area (Å²) in [5, 5.41) is 11.4. The van der Waals surface area contributed by atoms with Gasteiger partial charge >= 0.3 is 12.1 Å². The lowest BCUT2D eigenvalue weighted by molar-refractivity contribution is -0.139. The third-order valence-corrected chi connectivity index (χ3v) is 4.09. The number of nitrogen functional groups attached to an aromatic ring is 1. The number of carboxylic acid groups (broad SMARTS) is 1. The first-order valence-corrected chi connectivity index (χ1v) is 8.49. The van der Waals surface area contributed by atoms with Crippen molar-refractivity contribution in [1.82, 2.24) is 5.32 Å². The van der Waals surface area contributed by atoms with Crippen LogP contribution < -0.4 is 11.1 Å². The second-order valence-electron chi connectivity index (χ2n) is 6.02. The number of hydrogen-bond donors (Lipinski definition) is 3. The molecule has 0 saturated heterocycles. The maximum atomic E-state index is 12.3. The molecule has 9 heteroatoms. The van der Waals surface area contributed by atoms with E-state index in [0.29, 0.717) is 14.6 Å². The zero-order valence-corrected chi connectivity index (χ0v) is 16.5. The summed E-state index contributed by atoms with van der Waals surface area (Å²) in [6.07, 6.45) is -1.32. The molecule has 0 aliphatic rings. The Morgan fingerprint density at radius 1 is 1.25 bits per heavy atom. The number of benzene rings is 1. The molecule has 24 heavy (non-hydrogen) atoms. The molecule has 1 rings (SSSR count). The van der Waals surface area contributed by atoms with Crippen LogP contribution in [-0.2, 0) is 9.53 Å². The van der Waals surface area contributed by atoms with Gasteiger partial charge in [0.05, 0.1) is 5.69 Å². The quantitative estimate of drug-likeness (QED) is 0.453. The fourth-order valence-electron chi connectivity index (χ4n) is 1.70. The van der Waals surface area contributed by atoms with Crippen molar-refractivity contribution in [2.24, 2.45) is 0 Å². The highest BCUT2D eigenvalue weighted by atomic mass is 79.9. The van der Waals surface area contributed by atoms with Gasteiger partial charge in [-0.1, -0.05) is 0 Å². The highest BCUT2D eigenvalue weighted by Crippen LogP contribution is 2.30. The van der Waals surface area contributed by atoms with Crippen LogP contribution in [0.3, 0.4) is 0 Å². The zero-order valence-electron chi connectivity index (χ0n) is 13.4. The summed E-state index contributed by atoms with van der Waals surface area (Å²) < 4.78 is 6.02. The largest absolute Gasteiger partial charge is 0.480 e. The van der Waals surface area contributed by atoms with Crippen molar-refractivity contribution >= 4 is 55.4 Å². The topological polar surface area (TPSA) is 119 Å². The lowest BCUT2D eigenvalue weighted by Gasteiger charge is -2.21. The van der Waals surface area contributed by atoms with Gasteiger partial charge < -0.3 is 20.9 Å². The van der Waals surface area contributed by atoms with Crippen molar-refractivity contribution in [3.63, 3.8) is 0 Å². The monoisotopic (exact) mass is 464 g/mol. The van der Waals surface area contributed by atoms with E-state index in [-0.39, 0.29) is 5.56 Å². The van der Waals surface area contributed by atoms with Gasteiger partial charge in [0, 0.05) is 20.9 Å². The van der Waals surface area contributed by atoms with E-state index in [1.807, 2.05) is 0 Å². The summed E-state index contributed by atoms with van der Waals surface area (Å²) in [4.78, 5) is 35.3. The maximum Gasteiger partial charge on any atom is 0.408 e. The third-order valence-electron chi connectivity index (χ3n) is 2.78. The first-order valence-electron chi connectivity index (χ1n) is 6.90. The van der Waals surface area contributed by atoms with Crippen molar-refractivity contribution < 1.29 is 24.2 Å². The second-order valence-corrected chi connectivity index (χ2v) is 7.73. The highest BCUT2D eigenvalue weighted by molar-refractivity contribution is 9.11. The molecule has 0 bridgehead atoms. The minimum absolute atomic E-state index is 0.264. The minimum atomic E-state index is -1.40. The van der Waals surface area contributed by atoms with Gasteiger partial charge in [0.25, 0.3) is 0 Å². The predicted molar refractivity (Wildman–Crippen MR) is 96.0 cm³/mol. The van der Waals surface area contributed by atoms with E-state index in [4.69, 9.17) is 10.5 Å². The number of nitrogens with one attached hydrogen (secondary N) is 1. The van der Waals surface area contributed by atoms with E-state index in [9.17, 15) is 19.5 Å². The number of carbonyl (C=O) groups excluding carboxylic acids is 2. The Balaban J connectivity index is 2.87. The van der Waals surface area contributed by atoms with Crippen molar-refractivity contribution in [2.75, 3.05) is 5.73 Å². The van der Waals surface area contributed by atoms with Crippen molar-refractivity contribution in [3.05, 3.63) is 26.6 Å². The van der Waals surface area contributed by atoms with Crippen LogP contribution in [0.1, 0.15) is 37.6 Å². The van der Waals surface area contributed by atoms with Crippen LogP contribution in [0.4, 0.5) is 10.5 Å². The van der Waals surface area contributed by atoms with Crippen LogP contribution >= 0.6 is 31.9 Å². The maximum absolute atomic E-state index is 12.3. The van der Waals surface area contributed by atoms with Crippen LogP contribution in [0.5, 0.6) is 0 Å². The lowest BCUT2D eigenvalue weighted by Crippen LogP contribution is -2.44. The fourth-order valence-corrected chi connectivity index (χ4v) is 2.88. The molecule has 0 heterocycles. The number of carbonyl (C=O) groups is 3. The number of ether oxygens (including phenoxy) is 1. The summed E-state index contributed by atoms with van der Waals surface area (Å²) in [6, 6.07) is 1.59. The molecule has 1 aromatic rings. The minimum Gasteiger partial charge on any atom is -0.480 e. The summed E-state index contributed by atoms with van der Waals surface area (Å²) in [5.74, 6) is -1.79. The molecule has 1 unspecified atom stereocenters. The average molecular weight is 466 g/mol. The van der Waals surface area contributed by atoms with E-state index in [0.717, 1.165) is 0 Å². The molecule has 0 aliphatic carbocycles. The summed E-state index contributed by atoms with van der Waals surface area (Å²) in [7, 11) is 0. The SMILES string of the molecule is CC(C)(C)OC(=O)NC(CC(=O)c1cc(Br)c(N)c(Br)c1)C(=O)O. The lowest BCUT2D eigenvalue weighted by atomic mass is 10.0. The molecule has 0 spiro atoms. The first-order chi connectivity index (χ1) is 10.9. The normalized spacial score (nSPS) is 12.4. The zero-order chi connectivity index (χ0) is 18.7. The Morgan fingerprint density at radius 2 is 1.75 bits per heavy atom. The van der Waals surface area contributed by atoms with E-state index in [1.54, 1.807) is 20.8 Å². The summed E-state index contributed by atoms with van der Waals surface area (Å²) in [5.41, 5.74) is 5.67. The standard InChI is InChI=1S/C15H18Br2N2O5/c1-15(2,3)24-14(23)19-10(13(21)22)6-11(20)7-4-8(16)12(18)9(17)5-7/h4-5,10H,6,18H2,1-3H3,(H,19,23)(H,21,22). The fraction of sp³-hybridized carbons (Fsp3) is 0.400. The van der Waals surface area contributed by atoms with Gasteiger partial charge in [0.15, 0.2) is 5.78 Å². The van der Waals surface area contributed by atoms with Crippen LogP contribution in [0.15, 0.2) is 21.1 Å². The smallest absolute Gasteiger partial charge is 0.408 e. The Kier molecular flexibility index (Phi) is 6.79. The highest BCUT2D eigenvalue weighted by Gasteiger charge is 2.27. The Hall–Kier alpha value is -1.61. The predicted octanol–water partition coefficient (Wildman–Crippen LogP) is 3.34. The van der Waals surface area contributed by atoms with Crippen LogP contribution in [-0.4, -0.2) is 34.6 Å². The molecule has 0 radical (unpaired) electrons.